The Morgan fingerprint density at radius 2 is 1.88 bits per heavy atom. The molecule has 3 heterocycles. The topological polar surface area (TPSA) is 106 Å². The number of aromatic nitrogens is 3. The molecule has 0 aliphatic carbocycles. The molecule has 4 aromatic rings. The van der Waals surface area contributed by atoms with E-state index in [1.807, 2.05) is 31.4 Å². The molecule has 10 heteroatoms. The van der Waals surface area contributed by atoms with Crippen LogP contribution in [0.1, 0.15) is 36.1 Å². The summed E-state index contributed by atoms with van der Waals surface area (Å²) in [5.41, 5.74) is 0.730. The molecule has 0 fully saturated rings. The van der Waals surface area contributed by atoms with Crippen molar-refractivity contribution in [3.05, 3.63) is 62.7 Å². The average molecular weight is 482 g/mol. The molecular formula is C23H23N5O3S2. The van der Waals surface area contributed by atoms with Gasteiger partial charge in [-0.2, -0.15) is 5.10 Å². The van der Waals surface area contributed by atoms with Crippen molar-refractivity contribution in [2.45, 2.75) is 33.9 Å². The second-order valence-electron chi connectivity index (χ2n) is 7.94. The predicted molar refractivity (Wildman–Crippen MR) is 132 cm³/mol. The zero-order chi connectivity index (χ0) is 23.5. The number of carbonyl (C=O) groups excluding carboxylic acids is 2. The SMILES string of the molecule is CC(=O)NCc1ccc(-c2csc(NC(=O)c3nn(CC(C)C)c(=O)c4ccccc34)n2)s1. The van der Waals surface area contributed by atoms with Crippen LogP contribution in [-0.2, 0) is 17.9 Å². The molecule has 2 amide bonds. The molecule has 8 nitrogen and oxygen atoms in total. The number of benzene rings is 1. The summed E-state index contributed by atoms with van der Waals surface area (Å²) in [7, 11) is 0. The first kappa shape index (κ1) is 22.8. The first-order valence-electron chi connectivity index (χ1n) is 10.4. The molecule has 3 aromatic heterocycles. The van der Waals surface area contributed by atoms with Crippen LogP contribution in [0, 0.1) is 5.92 Å². The zero-order valence-corrected chi connectivity index (χ0v) is 20.0. The fourth-order valence-corrected chi connectivity index (χ4v) is 4.98. The maximum Gasteiger partial charge on any atom is 0.278 e. The Balaban J connectivity index is 1.58. The quantitative estimate of drug-likeness (QED) is 0.413. The van der Waals surface area contributed by atoms with E-state index in [0.717, 1.165) is 15.4 Å². The molecule has 33 heavy (non-hydrogen) atoms. The third-order valence-electron chi connectivity index (χ3n) is 4.77. The number of carbonyl (C=O) groups is 2. The number of rotatable bonds is 7. The van der Waals surface area contributed by atoms with Crippen molar-refractivity contribution in [1.29, 1.82) is 0 Å². The summed E-state index contributed by atoms with van der Waals surface area (Å²) in [5, 5.41) is 13.3. The summed E-state index contributed by atoms with van der Waals surface area (Å²) in [6, 6.07) is 10.9. The van der Waals surface area contributed by atoms with Gasteiger partial charge in [-0.3, -0.25) is 19.7 Å². The molecule has 0 saturated heterocycles. The number of hydrogen-bond donors (Lipinski definition) is 2. The van der Waals surface area contributed by atoms with Crippen LogP contribution in [0.3, 0.4) is 0 Å². The maximum atomic E-state index is 13.1. The van der Waals surface area contributed by atoms with Gasteiger partial charge in [-0.05, 0) is 24.1 Å². The van der Waals surface area contributed by atoms with Crippen molar-refractivity contribution in [1.82, 2.24) is 20.1 Å². The van der Waals surface area contributed by atoms with Gasteiger partial charge in [0, 0.05) is 29.1 Å². The van der Waals surface area contributed by atoms with Crippen molar-refractivity contribution >= 4 is 50.4 Å². The lowest BCUT2D eigenvalue weighted by molar-refractivity contribution is -0.119. The van der Waals surface area contributed by atoms with Gasteiger partial charge in [-0.25, -0.2) is 9.67 Å². The molecular weight excluding hydrogens is 458 g/mol. The van der Waals surface area contributed by atoms with Gasteiger partial charge in [0.25, 0.3) is 11.5 Å². The van der Waals surface area contributed by atoms with Crippen LogP contribution in [0.15, 0.2) is 46.6 Å². The molecule has 2 N–H and O–H groups in total. The lowest BCUT2D eigenvalue weighted by atomic mass is 10.1. The summed E-state index contributed by atoms with van der Waals surface area (Å²) < 4.78 is 1.36. The Bertz CT molecular complexity index is 1390. The van der Waals surface area contributed by atoms with Crippen LogP contribution in [0.5, 0.6) is 0 Å². The van der Waals surface area contributed by atoms with Gasteiger partial charge in [0.2, 0.25) is 5.91 Å². The van der Waals surface area contributed by atoms with E-state index >= 15 is 0 Å². The van der Waals surface area contributed by atoms with Crippen molar-refractivity contribution in [3.8, 4) is 10.6 Å². The van der Waals surface area contributed by atoms with E-state index in [1.165, 1.54) is 34.3 Å². The summed E-state index contributed by atoms with van der Waals surface area (Å²) in [5.74, 6) is -0.290. The number of fused-ring (bicyclic) bond motifs is 1. The Morgan fingerprint density at radius 3 is 2.61 bits per heavy atom. The van der Waals surface area contributed by atoms with Gasteiger partial charge in [0.15, 0.2) is 10.8 Å². The highest BCUT2D eigenvalue weighted by Crippen LogP contribution is 2.31. The van der Waals surface area contributed by atoms with Crippen molar-refractivity contribution < 1.29 is 9.59 Å². The molecule has 1 aromatic carbocycles. The van der Waals surface area contributed by atoms with Gasteiger partial charge in [0.1, 0.15) is 0 Å². The molecule has 0 unspecified atom stereocenters. The lowest BCUT2D eigenvalue weighted by Crippen LogP contribution is -2.29. The number of thiophene rings is 1. The number of anilines is 1. The van der Waals surface area contributed by atoms with Crippen molar-refractivity contribution in [2.75, 3.05) is 5.32 Å². The highest BCUT2D eigenvalue weighted by molar-refractivity contribution is 7.17. The van der Waals surface area contributed by atoms with Crippen LogP contribution in [0.25, 0.3) is 21.3 Å². The largest absolute Gasteiger partial charge is 0.351 e. The van der Waals surface area contributed by atoms with Gasteiger partial charge < -0.3 is 5.32 Å². The minimum absolute atomic E-state index is 0.0792. The summed E-state index contributed by atoms with van der Waals surface area (Å²) in [6.45, 7) is 6.36. The van der Waals surface area contributed by atoms with E-state index < -0.39 is 5.91 Å². The molecule has 0 atom stereocenters. The molecule has 170 valence electrons. The Labute approximate surface area is 198 Å². The van der Waals surface area contributed by atoms with E-state index in [0.29, 0.717) is 29.0 Å². The number of amides is 2. The van der Waals surface area contributed by atoms with Crippen LogP contribution < -0.4 is 16.2 Å². The van der Waals surface area contributed by atoms with Gasteiger partial charge in [0.05, 0.1) is 22.5 Å². The second-order valence-corrected chi connectivity index (χ2v) is 9.97. The van der Waals surface area contributed by atoms with Crippen LogP contribution >= 0.6 is 22.7 Å². The standard InChI is InChI=1S/C23H23N5O3S2/c1-13(2)11-28-22(31)17-7-5-4-6-16(17)20(27-28)21(30)26-23-25-18(12-32-23)19-9-8-15(33-19)10-24-14(3)29/h4-9,12-13H,10-11H2,1-3H3,(H,24,29)(H,25,26,30). The molecule has 0 saturated carbocycles. The average Bonchev–Trinajstić information content (AvgIpc) is 3.43. The fourth-order valence-electron chi connectivity index (χ4n) is 3.30. The molecule has 0 aliphatic heterocycles. The number of hydrogen-bond acceptors (Lipinski definition) is 7. The minimum Gasteiger partial charge on any atom is -0.351 e. The van der Waals surface area contributed by atoms with Gasteiger partial charge in [-0.15, -0.1) is 22.7 Å². The summed E-state index contributed by atoms with van der Waals surface area (Å²) >= 11 is 2.85. The molecule has 0 bridgehead atoms. The van der Waals surface area contributed by atoms with Gasteiger partial charge in [-0.1, -0.05) is 32.0 Å². The van der Waals surface area contributed by atoms with E-state index in [4.69, 9.17) is 0 Å². The van der Waals surface area contributed by atoms with Crippen LogP contribution in [0.4, 0.5) is 5.13 Å². The summed E-state index contributed by atoms with van der Waals surface area (Å²) in [4.78, 5) is 43.5. The van der Waals surface area contributed by atoms with E-state index in [1.54, 1.807) is 24.3 Å². The first-order valence-corrected chi connectivity index (χ1v) is 12.1. The zero-order valence-electron chi connectivity index (χ0n) is 18.4. The number of nitrogens with one attached hydrogen (secondary N) is 2. The van der Waals surface area contributed by atoms with Crippen LogP contribution in [0.2, 0.25) is 0 Å². The Morgan fingerprint density at radius 1 is 1.12 bits per heavy atom. The highest BCUT2D eigenvalue weighted by atomic mass is 32.1. The molecule has 4 rings (SSSR count). The lowest BCUT2D eigenvalue weighted by Gasteiger charge is -2.12. The second kappa shape index (κ2) is 9.63. The Hall–Kier alpha value is -3.37. The van der Waals surface area contributed by atoms with Gasteiger partial charge >= 0.3 is 0 Å². The monoisotopic (exact) mass is 481 g/mol. The predicted octanol–water partition coefficient (Wildman–Crippen LogP) is 4.13. The Kier molecular flexibility index (Phi) is 6.66. The smallest absolute Gasteiger partial charge is 0.278 e. The highest BCUT2D eigenvalue weighted by Gasteiger charge is 2.19. The molecule has 0 radical (unpaired) electrons. The molecule has 0 spiro atoms. The minimum atomic E-state index is -0.415. The van der Waals surface area contributed by atoms with E-state index in [9.17, 15) is 14.4 Å². The van der Waals surface area contributed by atoms with E-state index in [-0.39, 0.29) is 23.1 Å². The summed E-state index contributed by atoms with van der Waals surface area (Å²) in [6.07, 6.45) is 0. The maximum absolute atomic E-state index is 13.1. The number of nitrogens with zero attached hydrogens (tertiary/aromatic N) is 3. The van der Waals surface area contributed by atoms with Crippen molar-refractivity contribution in [3.63, 3.8) is 0 Å². The third kappa shape index (κ3) is 5.18. The third-order valence-corrected chi connectivity index (χ3v) is 6.64. The first-order chi connectivity index (χ1) is 15.8. The van der Waals surface area contributed by atoms with Crippen molar-refractivity contribution in [2.24, 2.45) is 5.92 Å². The van der Waals surface area contributed by atoms with E-state index in [2.05, 4.69) is 20.7 Å². The number of thiazole rings is 1. The van der Waals surface area contributed by atoms with Crippen LogP contribution in [-0.4, -0.2) is 26.6 Å². The fraction of sp³-hybridized carbons (Fsp3) is 0.261. The normalized spacial score (nSPS) is 11.2. The molecule has 0 aliphatic rings.